The van der Waals surface area contributed by atoms with Crippen LogP contribution >= 0.6 is 0 Å². The van der Waals surface area contributed by atoms with Crippen LogP contribution in [0.15, 0.2) is 12.1 Å². The lowest BCUT2D eigenvalue weighted by molar-refractivity contribution is -0.385. The largest absolute Gasteiger partial charge is 0.493 e. The molecule has 9 heteroatoms. The van der Waals surface area contributed by atoms with Gasteiger partial charge in [-0.15, -0.1) is 0 Å². The summed E-state index contributed by atoms with van der Waals surface area (Å²) in [5.41, 5.74) is 0.210. The number of ether oxygens (including phenoxy) is 2. The Morgan fingerprint density at radius 2 is 2.00 bits per heavy atom. The van der Waals surface area contributed by atoms with Gasteiger partial charge in [0.1, 0.15) is 0 Å². The minimum absolute atomic E-state index is 0.0705. The fourth-order valence-corrected chi connectivity index (χ4v) is 3.84. The number of hydrogen-bond donors (Lipinski definition) is 0. The maximum atomic E-state index is 12.5. The third-order valence-electron chi connectivity index (χ3n) is 5.08. The molecule has 0 amide bonds. The number of rotatable bonds is 7. The molecule has 0 aliphatic carbocycles. The number of hydrogen-bond acceptors (Lipinski definition) is 6. The molecule has 7 nitrogen and oxygen atoms in total. The Labute approximate surface area is 150 Å². The molecule has 1 aromatic rings. The van der Waals surface area contributed by atoms with E-state index in [1.54, 1.807) is 0 Å². The number of nitro groups is 1. The van der Waals surface area contributed by atoms with Crippen LogP contribution in [0.25, 0.3) is 0 Å². The smallest absolute Gasteiger partial charge is 0.387 e. The summed E-state index contributed by atoms with van der Waals surface area (Å²) in [6.45, 7) is 1.25. The van der Waals surface area contributed by atoms with E-state index in [2.05, 4.69) is 14.5 Å². The monoisotopic (exact) mass is 371 g/mol. The summed E-state index contributed by atoms with van der Waals surface area (Å²) in [6, 6.07) is 2.94. The molecule has 0 spiro atoms. The fraction of sp³-hybridized carbons (Fsp3) is 0.647. The number of methoxy groups -OCH3 is 1. The minimum Gasteiger partial charge on any atom is -0.493 e. The molecule has 1 aromatic carbocycles. The van der Waals surface area contributed by atoms with Gasteiger partial charge in [-0.1, -0.05) is 0 Å². The van der Waals surface area contributed by atoms with Gasteiger partial charge in [0.05, 0.1) is 18.1 Å². The summed E-state index contributed by atoms with van der Waals surface area (Å²) >= 11 is 0. The second-order valence-corrected chi connectivity index (χ2v) is 6.69. The van der Waals surface area contributed by atoms with Gasteiger partial charge in [-0.25, -0.2) is 0 Å². The second kappa shape index (κ2) is 8.13. The third kappa shape index (κ3) is 4.21. The summed E-state index contributed by atoms with van der Waals surface area (Å²) in [5.74, 6) is -0.254. The van der Waals surface area contributed by atoms with E-state index in [0.717, 1.165) is 38.7 Å². The van der Waals surface area contributed by atoms with Crippen molar-refractivity contribution >= 4 is 5.69 Å². The van der Waals surface area contributed by atoms with Crippen molar-refractivity contribution in [3.63, 3.8) is 0 Å². The maximum Gasteiger partial charge on any atom is 0.387 e. The van der Waals surface area contributed by atoms with Gasteiger partial charge in [0.15, 0.2) is 11.5 Å². The van der Waals surface area contributed by atoms with Crippen LogP contribution in [0.2, 0.25) is 0 Å². The first kappa shape index (κ1) is 18.8. The summed E-state index contributed by atoms with van der Waals surface area (Å²) in [6.07, 6.45) is 3.49. The Morgan fingerprint density at radius 3 is 2.62 bits per heavy atom. The molecule has 1 unspecified atom stereocenters. The van der Waals surface area contributed by atoms with E-state index in [1.807, 2.05) is 0 Å². The lowest BCUT2D eigenvalue weighted by Gasteiger charge is -2.23. The zero-order valence-electron chi connectivity index (χ0n) is 14.7. The Morgan fingerprint density at radius 1 is 1.27 bits per heavy atom. The number of nitro benzene ring substituents is 1. The number of nitrogens with zero attached hydrogens (tertiary/aromatic N) is 3. The molecule has 0 bridgehead atoms. The molecule has 3 rings (SSSR count). The Balaban J connectivity index is 1.76. The van der Waals surface area contributed by atoms with Crippen molar-refractivity contribution in [3.8, 4) is 11.5 Å². The van der Waals surface area contributed by atoms with Crippen LogP contribution in [0.5, 0.6) is 11.5 Å². The lowest BCUT2D eigenvalue weighted by atomic mass is 10.1. The number of alkyl halides is 2. The van der Waals surface area contributed by atoms with Gasteiger partial charge in [0.2, 0.25) is 0 Å². The Kier molecular flexibility index (Phi) is 5.87. The van der Waals surface area contributed by atoms with Crippen molar-refractivity contribution in [1.82, 2.24) is 9.80 Å². The van der Waals surface area contributed by atoms with Gasteiger partial charge in [-0.05, 0) is 38.4 Å². The first-order valence-corrected chi connectivity index (χ1v) is 8.74. The van der Waals surface area contributed by atoms with Crippen LogP contribution in [-0.2, 0) is 6.54 Å². The molecule has 2 saturated heterocycles. The first-order valence-electron chi connectivity index (χ1n) is 8.74. The highest BCUT2D eigenvalue weighted by molar-refractivity contribution is 5.54. The average Bonchev–Trinajstić information content (AvgIpc) is 3.26. The number of likely N-dealkylation sites (tertiary alicyclic amines) is 2. The molecular weight excluding hydrogens is 348 g/mol. The predicted octanol–water partition coefficient (Wildman–Crippen LogP) is 2.87. The van der Waals surface area contributed by atoms with Gasteiger partial charge in [-0.2, -0.15) is 8.78 Å². The molecule has 0 radical (unpaired) electrons. The van der Waals surface area contributed by atoms with Crippen molar-refractivity contribution < 1.29 is 23.2 Å². The van der Waals surface area contributed by atoms with Crippen LogP contribution in [0.4, 0.5) is 14.5 Å². The second-order valence-electron chi connectivity index (χ2n) is 6.69. The van der Waals surface area contributed by atoms with Gasteiger partial charge in [0, 0.05) is 31.2 Å². The topological polar surface area (TPSA) is 68.1 Å². The van der Waals surface area contributed by atoms with Crippen LogP contribution in [0, 0.1) is 10.1 Å². The quantitative estimate of drug-likeness (QED) is 0.542. The van der Waals surface area contributed by atoms with E-state index < -0.39 is 11.5 Å². The van der Waals surface area contributed by atoms with Crippen LogP contribution < -0.4 is 9.47 Å². The molecule has 1 atom stereocenters. The minimum atomic E-state index is -3.07. The SMILES string of the molecule is COc1cc(CN2CCC(N3CCCC3)C2)c([N+](=O)[O-])cc1OC(F)F. The Hall–Kier alpha value is -2.00. The molecule has 0 saturated carbocycles. The van der Waals surface area contributed by atoms with Crippen molar-refractivity contribution in [2.45, 2.75) is 38.5 Å². The van der Waals surface area contributed by atoms with Gasteiger partial charge in [0.25, 0.3) is 5.69 Å². The highest BCUT2D eigenvalue weighted by Gasteiger charge is 2.31. The molecule has 2 aliphatic rings. The molecular formula is C17H23F2N3O4. The fourth-order valence-electron chi connectivity index (χ4n) is 3.84. The Bertz CT molecular complexity index is 653. The zero-order valence-corrected chi connectivity index (χ0v) is 14.7. The molecule has 0 aromatic heterocycles. The van der Waals surface area contributed by atoms with E-state index in [-0.39, 0.29) is 17.2 Å². The van der Waals surface area contributed by atoms with Gasteiger partial charge in [-0.3, -0.25) is 19.9 Å². The van der Waals surface area contributed by atoms with E-state index in [4.69, 9.17) is 4.74 Å². The molecule has 2 aliphatic heterocycles. The van der Waals surface area contributed by atoms with Crippen LogP contribution in [-0.4, -0.2) is 60.7 Å². The standard InChI is InChI=1S/C17H23F2N3O4/c1-25-15-8-12(14(22(23)24)9-16(15)26-17(18)19)10-20-7-4-13(11-20)21-5-2-3-6-21/h8-9,13,17H,2-7,10-11H2,1H3. The molecule has 0 N–H and O–H groups in total. The van der Waals surface area contributed by atoms with Gasteiger partial charge < -0.3 is 9.47 Å². The van der Waals surface area contributed by atoms with E-state index >= 15 is 0 Å². The number of halogens is 2. The van der Waals surface area contributed by atoms with Crippen LogP contribution in [0.3, 0.4) is 0 Å². The van der Waals surface area contributed by atoms with Crippen molar-refractivity contribution in [1.29, 1.82) is 0 Å². The summed E-state index contributed by atoms with van der Waals surface area (Å²) in [7, 11) is 1.32. The average molecular weight is 371 g/mol. The highest BCUT2D eigenvalue weighted by atomic mass is 19.3. The van der Waals surface area contributed by atoms with E-state index in [0.29, 0.717) is 18.2 Å². The summed E-state index contributed by atoms with van der Waals surface area (Å²) in [4.78, 5) is 15.5. The first-order chi connectivity index (χ1) is 12.5. The predicted molar refractivity (Wildman–Crippen MR) is 90.8 cm³/mol. The van der Waals surface area contributed by atoms with Gasteiger partial charge >= 0.3 is 6.61 Å². The zero-order chi connectivity index (χ0) is 18.7. The van der Waals surface area contributed by atoms with E-state index in [9.17, 15) is 18.9 Å². The van der Waals surface area contributed by atoms with Crippen molar-refractivity contribution in [2.75, 3.05) is 33.3 Å². The molecule has 144 valence electrons. The normalized spacial score (nSPS) is 21.5. The molecule has 2 heterocycles. The van der Waals surface area contributed by atoms with E-state index in [1.165, 1.54) is 26.0 Å². The lowest BCUT2D eigenvalue weighted by Crippen LogP contribution is -2.35. The third-order valence-corrected chi connectivity index (χ3v) is 5.08. The summed E-state index contributed by atoms with van der Waals surface area (Å²) < 4.78 is 34.5. The van der Waals surface area contributed by atoms with Crippen molar-refractivity contribution in [2.24, 2.45) is 0 Å². The number of benzene rings is 1. The molecule has 2 fully saturated rings. The maximum absolute atomic E-state index is 12.5. The van der Waals surface area contributed by atoms with Crippen molar-refractivity contribution in [3.05, 3.63) is 27.8 Å². The highest BCUT2D eigenvalue weighted by Crippen LogP contribution is 2.36. The molecule has 26 heavy (non-hydrogen) atoms. The summed E-state index contributed by atoms with van der Waals surface area (Å²) in [5, 5.41) is 11.4. The van der Waals surface area contributed by atoms with Crippen LogP contribution in [0.1, 0.15) is 24.8 Å².